The molecule has 1 amide bonds. The summed E-state index contributed by atoms with van der Waals surface area (Å²) >= 11 is 0. The molecule has 1 aromatic carbocycles. The zero-order valence-corrected chi connectivity index (χ0v) is 15.3. The van der Waals surface area contributed by atoms with Crippen molar-refractivity contribution in [3.63, 3.8) is 0 Å². The molecule has 1 saturated heterocycles. The smallest absolute Gasteiger partial charge is 0.338 e. The van der Waals surface area contributed by atoms with Gasteiger partial charge in [0.25, 0.3) is 5.91 Å². The molecule has 8 heteroatoms. The van der Waals surface area contributed by atoms with Crippen LogP contribution in [-0.2, 0) is 19.6 Å². The van der Waals surface area contributed by atoms with Crippen LogP contribution in [0.5, 0.6) is 0 Å². The van der Waals surface area contributed by atoms with Crippen molar-refractivity contribution in [2.45, 2.75) is 43.5 Å². The van der Waals surface area contributed by atoms with Gasteiger partial charge in [0.05, 0.1) is 10.5 Å². The van der Waals surface area contributed by atoms with Crippen LogP contribution in [0.2, 0.25) is 0 Å². The van der Waals surface area contributed by atoms with Crippen molar-refractivity contribution in [3.05, 3.63) is 29.8 Å². The summed E-state index contributed by atoms with van der Waals surface area (Å²) in [5.74, 6) is -0.925. The van der Waals surface area contributed by atoms with Crippen molar-refractivity contribution in [2.24, 2.45) is 0 Å². The lowest BCUT2D eigenvalue weighted by Crippen LogP contribution is -2.45. The predicted octanol–water partition coefficient (Wildman–Crippen LogP) is 1.54. The molecule has 0 bridgehead atoms. The van der Waals surface area contributed by atoms with Gasteiger partial charge in [-0.1, -0.05) is 13.0 Å². The van der Waals surface area contributed by atoms with E-state index in [-0.39, 0.29) is 29.0 Å². The molecular weight excluding hydrogens is 344 g/mol. The van der Waals surface area contributed by atoms with E-state index in [1.165, 1.54) is 31.3 Å². The maximum absolute atomic E-state index is 12.3. The molecule has 1 N–H and O–H groups in total. The Bertz CT molecular complexity index is 732. The van der Waals surface area contributed by atoms with E-state index in [0.717, 1.165) is 25.7 Å². The third kappa shape index (κ3) is 4.79. The number of sulfonamides is 1. The molecule has 1 aliphatic rings. The Balaban J connectivity index is 2.00. The van der Waals surface area contributed by atoms with Crippen LogP contribution in [-0.4, -0.2) is 51.4 Å². The number of benzene rings is 1. The van der Waals surface area contributed by atoms with E-state index in [4.69, 9.17) is 4.74 Å². The van der Waals surface area contributed by atoms with Crippen LogP contribution >= 0.6 is 0 Å². The van der Waals surface area contributed by atoms with Gasteiger partial charge >= 0.3 is 5.97 Å². The fourth-order valence-electron chi connectivity index (χ4n) is 2.95. The highest BCUT2D eigenvalue weighted by molar-refractivity contribution is 7.89. The first-order valence-corrected chi connectivity index (χ1v) is 9.87. The summed E-state index contributed by atoms with van der Waals surface area (Å²) in [5, 5.41) is 0. The molecule has 25 heavy (non-hydrogen) atoms. The van der Waals surface area contributed by atoms with Crippen LogP contribution in [0.1, 0.15) is 43.0 Å². The number of amides is 1. The zero-order chi connectivity index (χ0) is 18.4. The van der Waals surface area contributed by atoms with E-state index >= 15 is 0 Å². The molecule has 0 spiro atoms. The van der Waals surface area contributed by atoms with Crippen LogP contribution in [0.25, 0.3) is 0 Å². The monoisotopic (exact) mass is 368 g/mol. The van der Waals surface area contributed by atoms with Gasteiger partial charge in [-0.25, -0.2) is 17.9 Å². The second-order valence-corrected chi connectivity index (χ2v) is 7.84. The molecule has 1 atom stereocenters. The summed E-state index contributed by atoms with van der Waals surface area (Å²) in [6.45, 7) is 2.39. The van der Waals surface area contributed by atoms with Crippen molar-refractivity contribution in [1.29, 1.82) is 0 Å². The van der Waals surface area contributed by atoms with Gasteiger partial charge in [-0.2, -0.15) is 0 Å². The van der Waals surface area contributed by atoms with E-state index in [9.17, 15) is 18.0 Å². The molecule has 1 aliphatic heterocycles. The summed E-state index contributed by atoms with van der Waals surface area (Å²) in [6, 6.07) is 5.73. The number of hydrogen-bond acceptors (Lipinski definition) is 5. The summed E-state index contributed by atoms with van der Waals surface area (Å²) in [7, 11) is -2.35. The normalized spacial score (nSPS) is 18.0. The largest absolute Gasteiger partial charge is 0.452 e. The van der Waals surface area contributed by atoms with E-state index < -0.39 is 16.0 Å². The Morgan fingerprint density at radius 3 is 2.76 bits per heavy atom. The van der Waals surface area contributed by atoms with Crippen molar-refractivity contribution in [3.8, 4) is 0 Å². The number of ether oxygens (including phenoxy) is 1. The summed E-state index contributed by atoms with van der Waals surface area (Å²) in [5.41, 5.74) is 0.0924. The lowest BCUT2D eigenvalue weighted by molar-refractivity contribution is -0.138. The summed E-state index contributed by atoms with van der Waals surface area (Å²) in [6.07, 6.45) is 3.92. The Morgan fingerprint density at radius 2 is 2.08 bits per heavy atom. The van der Waals surface area contributed by atoms with Gasteiger partial charge in [0.15, 0.2) is 6.61 Å². The maximum atomic E-state index is 12.3. The van der Waals surface area contributed by atoms with Gasteiger partial charge in [-0.3, -0.25) is 4.79 Å². The number of nitrogens with one attached hydrogen (secondary N) is 1. The van der Waals surface area contributed by atoms with Crippen molar-refractivity contribution in [2.75, 3.05) is 20.2 Å². The second-order valence-electron chi connectivity index (χ2n) is 5.96. The molecular formula is C17H24N2O5S. The Kier molecular flexibility index (Phi) is 6.55. The topological polar surface area (TPSA) is 92.8 Å². The standard InChI is InChI=1S/C17H24N2O5S/c1-3-14-8-4-5-10-19(14)16(20)12-24-17(21)13-7-6-9-15(11-13)25(22,23)18-2/h6-7,9,11,14,18H,3-5,8,10,12H2,1-2H3/t14-/m1/s1. The third-order valence-electron chi connectivity index (χ3n) is 4.39. The number of esters is 1. The number of carbonyl (C=O) groups is 2. The number of likely N-dealkylation sites (tertiary alicyclic amines) is 1. The lowest BCUT2D eigenvalue weighted by atomic mass is 10.00. The van der Waals surface area contributed by atoms with Gasteiger partial charge in [-0.15, -0.1) is 0 Å². The molecule has 1 fully saturated rings. The van der Waals surface area contributed by atoms with Gasteiger partial charge in [0, 0.05) is 12.6 Å². The minimum atomic E-state index is -3.65. The molecule has 0 radical (unpaired) electrons. The van der Waals surface area contributed by atoms with Crippen LogP contribution in [0.4, 0.5) is 0 Å². The van der Waals surface area contributed by atoms with E-state index in [1.807, 2.05) is 6.92 Å². The van der Waals surface area contributed by atoms with E-state index in [0.29, 0.717) is 6.54 Å². The number of rotatable bonds is 6. The van der Waals surface area contributed by atoms with E-state index in [2.05, 4.69) is 4.72 Å². The first-order chi connectivity index (χ1) is 11.9. The molecule has 138 valence electrons. The Hall–Kier alpha value is -1.93. The first-order valence-electron chi connectivity index (χ1n) is 8.39. The van der Waals surface area contributed by atoms with Crippen LogP contribution in [0, 0.1) is 0 Å². The second kappa shape index (κ2) is 8.44. The molecule has 1 heterocycles. The average Bonchev–Trinajstić information content (AvgIpc) is 2.65. The molecule has 0 unspecified atom stereocenters. The highest BCUT2D eigenvalue weighted by Crippen LogP contribution is 2.19. The van der Waals surface area contributed by atoms with Gasteiger partial charge in [-0.05, 0) is 50.9 Å². The molecule has 7 nitrogen and oxygen atoms in total. The van der Waals surface area contributed by atoms with Crippen LogP contribution < -0.4 is 4.72 Å². The van der Waals surface area contributed by atoms with E-state index in [1.54, 1.807) is 4.90 Å². The zero-order valence-electron chi connectivity index (χ0n) is 14.5. The quantitative estimate of drug-likeness (QED) is 0.769. The minimum absolute atomic E-state index is 0.0298. The van der Waals surface area contributed by atoms with Crippen molar-refractivity contribution >= 4 is 21.9 Å². The van der Waals surface area contributed by atoms with Crippen LogP contribution in [0.3, 0.4) is 0 Å². The van der Waals surface area contributed by atoms with Gasteiger partial charge < -0.3 is 9.64 Å². The van der Waals surface area contributed by atoms with Crippen molar-refractivity contribution in [1.82, 2.24) is 9.62 Å². The molecule has 0 aromatic heterocycles. The molecule has 2 rings (SSSR count). The first kappa shape index (κ1) is 19.4. The molecule has 1 aromatic rings. The number of hydrogen-bond donors (Lipinski definition) is 1. The number of nitrogens with zero attached hydrogens (tertiary/aromatic N) is 1. The SMILES string of the molecule is CC[C@@H]1CCCCN1C(=O)COC(=O)c1cccc(S(=O)(=O)NC)c1. The molecule has 0 aliphatic carbocycles. The fraction of sp³-hybridized carbons (Fsp3) is 0.529. The Labute approximate surface area is 148 Å². The summed E-state index contributed by atoms with van der Waals surface area (Å²) < 4.78 is 30.9. The highest BCUT2D eigenvalue weighted by Gasteiger charge is 2.26. The lowest BCUT2D eigenvalue weighted by Gasteiger charge is -2.35. The summed E-state index contributed by atoms with van der Waals surface area (Å²) in [4.78, 5) is 26.2. The van der Waals surface area contributed by atoms with Crippen molar-refractivity contribution < 1.29 is 22.7 Å². The predicted molar refractivity (Wildman–Crippen MR) is 92.6 cm³/mol. The average molecular weight is 368 g/mol. The fourth-order valence-corrected chi connectivity index (χ4v) is 3.73. The van der Waals surface area contributed by atoms with Gasteiger partial charge in [0.2, 0.25) is 10.0 Å². The molecule has 0 saturated carbocycles. The third-order valence-corrected chi connectivity index (χ3v) is 5.81. The highest BCUT2D eigenvalue weighted by atomic mass is 32.2. The Morgan fingerprint density at radius 1 is 1.32 bits per heavy atom. The number of carbonyl (C=O) groups excluding carboxylic acids is 2. The number of piperidine rings is 1. The van der Waals surface area contributed by atoms with Crippen LogP contribution in [0.15, 0.2) is 29.2 Å². The minimum Gasteiger partial charge on any atom is -0.452 e. The maximum Gasteiger partial charge on any atom is 0.338 e. The van der Waals surface area contributed by atoms with Gasteiger partial charge in [0.1, 0.15) is 0 Å².